The summed E-state index contributed by atoms with van der Waals surface area (Å²) in [6.45, 7) is 4.54. The van der Waals surface area contributed by atoms with E-state index in [9.17, 15) is 18.0 Å². The van der Waals surface area contributed by atoms with Crippen molar-refractivity contribution in [3.05, 3.63) is 29.8 Å². The minimum absolute atomic E-state index is 0.0637. The Kier molecular flexibility index (Phi) is 7.79. The van der Waals surface area contributed by atoms with Gasteiger partial charge in [0, 0.05) is 19.1 Å². The first kappa shape index (κ1) is 21.4. The highest BCUT2D eigenvalue weighted by Gasteiger charge is 2.31. The molecule has 1 aromatic carbocycles. The zero-order valence-corrected chi connectivity index (χ0v) is 16.8. The summed E-state index contributed by atoms with van der Waals surface area (Å²) in [5.41, 5.74) is 0.113. The second kappa shape index (κ2) is 9.85. The van der Waals surface area contributed by atoms with Gasteiger partial charge < -0.3 is 10.1 Å². The van der Waals surface area contributed by atoms with Gasteiger partial charge in [-0.3, -0.25) is 4.79 Å². The van der Waals surface area contributed by atoms with Gasteiger partial charge in [0.25, 0.3) is 5.91 Å². The molecule has 0 radical (unpaired) electrons. The average molecular weight is 397 g/mol. The van der Waals surface area contributed by atoms with E-state index in [1.165, 1.54) is 28.6 Å². The number of rotatable bonds is 8. The van der Waals surface area contributed by atoms with Crippen molar-refractivity contribution < 1.29 is 22.7 Å². The lowest BCUT2D eigenvalue weighted by Gasteiger charge is -2.32. The summed E-state index contributed by atoms with van der Waals surface area (Å²) >= 11 is 0. The van der Waals surface area contributed by atoms with Crippen molar-refractivity contribution in [2.75, 3.05) is 19.7 Å². The van der Waals surface area contributed by atoms with E-state index in [-0.39, 0.29) is 29.0 Å². The molecule has 0 unspecified atom stereocenters. The number of sulfonamides is 1. The Morgan fingerprint density at radius 1 is 1.30 bits per heavy atom. The molecule has 1 N–H and O–H groups in total. The van der Waals surface area contributed by atoms with Crippen LogP contribution in [0.15, 0.2) is 29.2 Å². The molecule has 0 aliphatic carbocycles. The molecule has 1 aliphatic heterocycles. The Labute approximate surface area is 161 Å². The summed E-state index contributed by atoms with van der Waals surface area (Å²) in [6, 6.07) is 5.72. The lowest BCUT2D eigenvalue weighted by molar-refractivity contribution is -0.124. The first-order valence-electron chi connectivity index (χ1n) is 9.42. The topological polar surface area (TPSA) is 92.8 Å². The number of esters is 1. The fourth-order valence-electron chi connectivity index (χ4n) is 3.02. The van der Waals surface area contributed by atoms with Gasteiger partial charge in [-0.2, -0.15) is 4.31 Å². The molecule has 2 rings (SSSR count). The second-order valence-electron chi connectivity index (χ2n) is 6.77. The van der Waals surface area contributed by atoms with Gasteiger partial charge in [-0.05, 0) is 44.4 Å². The van der Waals surface area contributed by atoms with Crippen molar-refractivity contribution >= 4 is 21.9 Å². The van der Waals surface area contributed by atoms with Crippen LogP contribution in [-0.4, -0.2) is 50.3 Å². The standard InChI is InChI=1S/C19H28N2O5S/c1-3-4-11-20-18(22)14-26-19(23)16-9-7-10-17(13-16)27(24,25)21-12-6-5-8-15(21)2/h7,9-10,13,15H,3-6,8,11-12,14H2,1-2H3,(H,20,22)/t15-/m0/s1. The lowest BCUT2D eigenvalue weighted by Crippen LogP contribution is -2.41. The second-order valence-corrected chi connectivity index (χ2v) is 8.66. The summed E-state index contributed by atoms with van der Waals surface area (Å²) in [4.78, 5) is 23.9. The first-order chi connectivity index (χ1) is 12.9. The van der Waals surface area contributed by atoms with Crippen LogP contribution in [0, 0.1) is 0 Å². The zero-order chi connectivity index (χ0) is 19.9. The smallest absolute Gasteiger partial charge is 0.338 e. The van der Waals surface area contributed by atoms with Gasteiger partial charge in [0.05, 0.1) is 10.5 Å². The lowest BCUT2D eigenvalue weighted by atomic mass is 10.1. The van der Waals surface area contributed by atoms with Crippen molar-refractivity contribution in [3.8, 4) is 0 Å². The minimum Gasteiger partial charge on any atom is -0.452 e. The van der Waals surface area contributed by atoms with Crippen molar-refractivity contribution in [3.63, 3.8) is 0 Å². The number of nitrogens with one attached hydrogen (secondary N) is 1. The number of amides is 1. The number of unbranched alkanes of at least 4 members (excludes halogenated alkanes) is 1. The molecule has 1 saturated heterocycles. The maximum atomic E-state index is 12.9. The number of piperidine rings is 1. The normalized spacial score (nSPS) is 18.1. The van der Waals surface area contributed by atoms with Gasteiger partial charge in [0.1, 0.15) is 0 Å². The molecule has 8 heteroatoms. The number of carbonyl (C=O) groups is 2. The number of nitrogens with zero attached hydrogens (tertiary/aromatic N) is 1. The molecule has 0 aromatic heterocycles. The summed E-state index contributed by atoms with van der Waals surface area (Å²) in [5, 5.41) is 2.66. The Bertz CT molecular complexity index is 763. The summed E-state index contributed by atoms with van der Waals surface area (Å²) in [6.07, 6.45) is 4.48. The predicted octanol–water partition coefficient (Wildman–Crippen LogP) is 2.32. The summed E-state index contributed by atoms with van der Waals surface area (Å²) in [7, 11) is -3.67. The number of hydrogen-bond donors (Lipinski definition) is 1. The Morgan fingerprint density at radius 3 is 2.78 bits per heavy atom. The predicted molar refractivity (Wildman–Crippen MR) is 102 cm³/mol. The van der Waals surface area contributed by atoms with Crippen LogP contribution in [0.3, 0.4) is 0 Å². The summed E-state index contributed by atoms with van der Waals surface area (Å²) < 4.78 is 32.3. The van der Waals surface area contributed by atoms with Crippen molar-refractivity contribution in [1.82, 2.24) is 9.62 Å². The molecule has 1 atom stereocenters. The van der Waals surface area contributed by atoms with E-state index in [1.54, 1.807) is 0 Å². The van der Waals surface area contributed by atoms with Gasteiger partial charge in [-0.15, -0.1) is 0 Å². The molecular weight excluding hydrogens is 368 g/mol. The van der Waals surface area contributed by atoms with Gasteiger partial charge in [0.2, 0.25) is 10.0 Å². The number of ether oxygens (including phenoxy) is 1. The van der Waals surface area contributed by atoms with Crippen LogP contribution in [0.1, 0.15) is 56.3 Å². The number of carbonyl (C=O) groups excluding carboxylic acids is 2. The SMILES string of the molecule is CCCCNC(=O)COC(=O)c1cccc(S(=O)(=O)N2CCCC[C@@H]2C)c1. The van der Waals surface area contributed by atoms with Crippen molar-refractivity contribution in [2.45, 2.75) is 56.9 Å². The Balaban J connectivity index is 2.03. The quantitative estimate of drug-likeness (QED) is 0.538. The highest BCUT2D eigenvalue weighted by molar-refractivity contribution is 7.89. The van der Waals surface area contributed by atoms with Crippen LogP contribution in [0.2, 0.25) is 0 Å². The molecule has 1 aliphatic rings. The molecule has 1 heterocycles. The van der Waals surface area contributed by atoms with E-state index in [2.05, 4.69) is 5.32 Å². The van der Waals surface area contributed by atoms with Crippen LogP contribution >= 0.6 is 0 Å². The highest BCUT2D eigenvalue weighted by atomic mass is 32.2. The highest BCUT2D eigenvalue weighted by Crippen LogP contribution is 2.25. The maximum absolute atomic E-state index is 12.9. The van der Waals surface area contributed by atoms with E-state index < -0.39 is 16.0 Å². The molecule has 1 amide bonds. The summed E-state index contributed by atoms with van der Waals surface area (Å²) in [5.74, 6) is -1.09. The Hall–Kier alpha value is -1.93. The molecule has 150 valence electrons. The molecule has 1 aromatic rings. The first-order valence-corrected chi connectivity index (χ1v) is 10.9. The molecule has 27 heavy (non-hydrogen) atoms. The monoisotopic (exact) mass is 396 g/mol. The maximum Gasteiger partial charge on any atom is 0.338 e. The fraction of sp³-hybridized carbons (Fsp3) is 0.579. The zero-order valence-electron chi connectivity index (χ0n) is 15.9. The molecule has 7 nitrogen and oxygen atoms in total. The molecule has 1 fully saturated rings. The van der Waals surface area contributed by atoms with Crippen LogP contribution < -0.4 is 5.32 Å². The van der Waals surface area contributed by atoms with Crippen LogP contribution in [0.4, 0.5) is 0 Å². The molecule has 0 spiro atoms. The molecular formula is C19H28N2O5S. The van der Waals surface area contributed by atoms with Crippen LogP contribution in [0.25, 0.3) is 0 Å². The van der Waals surface area contributed by atoms with E-state index in [0.717, 1.165) is 32.1 Å². The van der Waals surface area contributed by atoms with E-state index >= 15 is 0 Å². The molecule has 0 bridgehead atoms. The van der Waals surface area contributed by atoms with Crippen LogP contribution in [0.5, 0.6) is 0 Å². The van der Waals surface area contributed by atoms with Gasteiger partial charge in [-0.1, -0.05) is 25.8 Å². The van der Waals surface area contributed by atoms with E-state index in [1.807, 2.05) is 13.8 Å². The average Bonchev–Trinajstić information content (AvgIpc) is 2.66. The van der Waals surface area contributed by atoms with E-state index in [0.29, 0.717) is 13.1 Å². The van der Waals surface area contributed by atoms with Crippen molar-refractivity contribution in [2.24, 2.45) is 0 Å². The Morgan fingerprint density at radius 2 is 2.07 bits per heavy atom. The van der Waals surface area contributed by atoms with E-state index in [4.69, 9.17) is 4.74 Å². The minimum atomic E-state index is -3.67. The molecule has 0 saturated carbocycles. The number of benzene rings is 1. The third-order valence-corrected chi connectivity index (χ3v) is 6.61. The third kappa shape index (κ3) is 5.77. The van der Waals surface area contributed by atoms with Crippen LogP contribution in [-0.2, 0) is 19.6 Å². The van der Waals surface area contributed by atoms with Gasteiger partial charge >= 0.3 is 5.97 Å². The van der Waals surface area contributed by atoms with Gasteiger partial charge in [0.15, 0.2) is 6.61 Å². The fourth-order valence-corrected chi connectivity index (χ4v) is 4.76. The number of hydrogen-bond acceptors (Lipinski definition) is 5. The largest absolute Gasteiger partial charge is 0.452 e. The van der Waals surface area contributed by atoms with Gasteiger partial charge in [-0.25, -0.2) is 13.2 Å². The van der Waals surface area contributed by atoms with Crippen molar-refractivity contribution in [1.29, 1.82) is 0 Å². The third-order valence-electron chi connectivity index (χ3n) is 4.61.